The molecule has 1 amide bonds. The van der Waals surface area contributed by atoms with Crippen LogP contribution < -0.4 is 29.3 Å². The first-order valence-electron chi connectivity index (χ1n) is 11.2. The van der Waals surface area contributed by atoms with E-state index in [4.69, 9.17) is 14.2 Å². The van der Waals surface area contributed by atoms with Gasteiger partial charge in [0.15, 0.2) is 11.5 Å². The largest absolute Gasteiger partial charge is 0.872 e. The Labute approximate surface area is 231 Å². The highest BCUT2D eigenvalue weighted by atomic mass is 79.9. The highest BCUT2D eigenvalue weighted by molar-refractivity contribution is 9.10. The Hall–Kier alpha value is -4.03. The van der Waals surface area contributed by atoms with Gasteiger partial charge in [-0.2, -0.15) is 9.67 Å². The molecule has 0 saturated carbocycles. The van der Waals surface area contributed by atoms with Crippen molar-refractivity contribution in [3.05, 3.63) is 70.7 Å². The molecule has 0 unspecified atom stereocenters. The number of thioether (sulfide) groups is 1. The summed E-state index contributed by atoms with van der Waals surface area (Å²) in [6.07, 6.45) is 1.32. The van der Waals surface area contributed by atoms with Crippen molar-refractivity contribution < 1.29 is 28.7 Å². The van der Waals surface area contributed by atoms with Crippen LogP contribution >= 0.6 is 27.7 Å². The molecule has 0 atom stereocenters. The SMILES string of the molecule is COc1cc(-c2[nH]nc(SCC(=O)NN=Cc3cc(Br)ccc3[O-])[n+]2-c2ccccc2)cc(OC)c1OC. The van der Waals surface area contributed by atoms with Gasteiger partial charge >= 0.3 is 5.16 Å². The van der Waals surface area contributed by atoms with E-state index in [2.05, 4.69) is 36.7 Å². The van der Waals surface area contributed by atoms with Gasteiger partial charge in [-0.15, -0.1) is 5.10 Å². The molecule has 10 nitrogen and oxygen atoms in total. The van der Waals surface area contributed by atoms with E-state index in [1.807, 2.05) is 47.0 Å². The number of aromatic nitrogens is 3. The zero-order valence-corrected chi connectivity index (χ0v) is 23.1. The molecule has 0 aliphatic rings. The van der Waals surface area contributed by atoms with Crippen LogP contribution in [0.3, 0.4) is 0 Å². The van der Waals surface area contributed by atoms with Crippen LogP contribution in [0.5, 0.6) is 23.0 Å². The number of hydrazone groups is 1. The molecule has 1 heterocycles. The van der Waals surface area contributed by atoms with Gasteiger partial charge in [-0.1, -0.05) is 45.9 Å². The van der Waals surface area contributed by atoms with Crippen LogP contribution in [0.15, 0.2) is 75.4 Å². The lowest BCUT2D eigenvalue weighted by molar-refractivity contribution is -0.625. The zero-order valence-electron chi connectivity index (χ0n) is 20.7. The van der Waals surface area contributed by atoms with Crippen molar-refractivity contribution in [2.24, 2.45) is 5.10 Å². The molecule has 12 heteroatoms. The molecule has 0 fully saturated rings. The molecule has 196 valence electrons. The predicted molar refractivity (Wildman–Crippen MR) is 145 cm³/mol. The lowest BCUT2D eigenvalue weighted by Gasteiger charge is -2.13. The molecule has 1 aromatic heterocycles. The lowest BCUT2D eigenvalue weighted by atomic mass is 10.1. The normalized spacial score (nSPS) is 10.9. The third kappa shape index (κ3) is 6.09. The number of nitrogens with one attached hydrogen (secondary N) is 2. The second kappa shape index (κ2) is 12.5. The first-order chi connectivity index (χ1) is 18.4. The Morgan fingerprint density at radius 3 is 2.47 bits per heavy atom. The van der Waals surface area contributed by atoms with Gasteiger partial charge in [0.05, 0.1) is 44.0 Å². The van der Waals surface area contributed by atoms with Crippen LogP contribution in [0.1, 0.15) is 5.56 Å². The molecule has 38 heavy (non-hydrogen) atoms. The number of carbonyl (C=O) groups excluding carboxylic acids is 1. The maximum atomic E-state index is 12.5. The maximum absolute atomic E-state index is 12.5. The van der Waals surface area contributed by atoms with E-state index in [-0.39, 0.29) is 17.4 Å². The molecule has 0 aliphatic heterocycles. The van der Waals surface area contributed by atoms with Crippen molar-refractivity contribution >= 4 is 39.8 Å². The molecule has 4 rings (SSSR count). The first kappa shape index (κ1) is 27.0. The Kier molecular flexibility index (Phi) is 8.87. The number of hydrogen-bond donors (Lipinski definition) is 2. The van der Waals surface area contributed by atoms with Gasteiger partial charge in [0.1, 0.15) is 5.69 Å². The number of ether oxygens (including phenoxy) is 3. The fourth-order valence-electron chi connectivity index (χ4n) is 3.58. The number of rotatable bonds is 10. The Bertz CT molecular complexity index is 1440. The van der Waals surface area contributed by atoms with Crippen LogP contribution in [-0.2, 0) is 4.79 Å². The van der Waals surface area contributed by atoms with Crippen molar-refractivity contribution in [3.63, 3.8) is 0 Å². The number of carbonyl (C=O) groups is 1. The summed E-state index contributed by atoms with van der Waals surface area (Å²) in [6, 6.07) is 17.9. The monoisotopic (exact) mass is 597 g/mol. The van der Waals surface area contributed by atoms with Crippen molar-refractivity contribution in [3.8, 4) is 40.1 Å². The zero-order chi connectivity index (χ0) is 27.1. The summed E-state index contributed by atoms with van der Waals surface area (Å²) in [5.41, 5.74) is 4.38. The van der Waals surface area contributed by atoms with E-state index in [9.17, 15) is 9.90 Å². The Morgan fingerprint density at radius 1 is 1.11 bits per heavy atom. The van der Waals surface area contributed by atoms with Crippen molar-refractivity contribution in [1.82, 2.24) is 15.6 Å². The van der Waals surface area contributed by atoms with Crippen LogP contribution in [0.25, 0.3) is 17.1 Å². The summed E-state index contributed by atoms with van der Waals surface area (Å²) in [6.45, 7) is 0. The number of H-pyrrole nitrogens is 1. The number of hydrogen-bond acceptors (Lipinski definition) is 8. The van der Waals surface area contributed by atoms with Crippen molar-refractivity contribution in [1.29, 1.82) is 0 Å². The third-order valence-electron chi connectivity index (χ3n) is 5.32. The molecular weight excluding hydrogens is 574 g/mol. The molecule has 3 aromatic carbocycles. The summed E-state index contributed by atoms with van der Waals surface area (Å²) in [5, 5.41) is 23.9. The summed E-state index contributed by atoms with van der Waals surface area (Å²) < 4.78 is 19.1. The minimum Gasteiger partial charge on any atom is -0.872 e. The minimum absolute atomic E-state index is 0.0342. The van der Waals surface area contributed by atoms with Crippen molar-refractivity contribution in [2.75, 3.05) is 27.1 Å². The fraction of sp³-hybridized carbons (Fsp3) is 0.154. The quantitative estimate of drug-likeness (QED) is 0.124. The topological polar surface area (TPSA) is 125 Å². The molecule has 0 aliphatic carbocycles. The average molecular weight is 598 g/mol. The second-order valence-electron chi connectivity index (χ2n) is 7.70. The molecular formula is C26H24BrN5O5S. The number of nitrogens with zero attached hydrogens (tertiary/aromatic N) is 3. The highest BCUT2D eigenvalue weighted by Gasteiger charge is 2.26. The number of amides is 1. The number of halogens is 1. The van der Waals surface area contributed by atoms with E-state index in [0.29, 0.717) is 33.8 Å². The number of benzene rings is 3. The second-order valence-corrected chi connectivity index (χ2v) is 9.56. The van der Waals surface area contributed by atoms with Gasteiger partial charge in [0.25, 0.3) is 11.7 Å². The number of methoxy groups -OCH3 is 3. The summed E-state index contributed by atoms with van der Waals surface area (Å²) >= 11 is 4.54. The van der Waals surface area contributed by atoms with Gasteiger partial charge < -0.3 is 19.3 Å². The first-order valence-corrected chi connectivity index (χ1v) is 13.0. The summed E-state index contributed by atoms with van der Waals surface area (Å²) in [5.74, 6) is 1.60. The molecule has 0 spiro atoms. The smallest absolute Gasteiger partial charge is 0.342 e. The highest BCUT2D eigenvalue weighted by Crippen LogP contribution is 2.40. The third-order valence-corrected chi connectivity index (χ3v) is 6.75. The maximum Gasteiger partial charge on any atom is 0.342 e. The molecule has 4 aromatic rings. The van der Waals surface area contributed by atoms with Gasteiger partial charge in [-0.25, -0.2) is 5.43 Å². The summed E-state index contributed by atoms with van der Waals surface area (Å²) in [7, 11) is 4.65. The molecule has 0 bridgehead atoms. The van der Waals surface area contributed by atoms with E-state index in [1.165, 1.54) is 24.0 Å². The van der Waals surface area contributed by atoms with Crippen molar-refractivity contribution in [2.45, 2.75) is 5.16 Å². The fourth-order valence-corrected chi connectivity index (χ4v) is 4.72. The lowest BCUT2D eigenvalue weighted by Crippen LogP contribution is -2.34. The molecule has 0 saturated heterocycles. The van der Waals surface area contributed by atoms with Crippen LogP contribution in [0.4, 0.5) is 0 Å². The van der Waals surface area contributed by atoms with Crippen LogP contribution in [0, 0.1) is 0 Å². The standard InChI is InChI=1S/C26H24BrN5O5S/c1-35-21-12-16(13-22(36-2)24(21)37-3)25-30-31-26(32(25)19-7-5-4-6-8-19)38-15-23(34)29-28-14-17-11-18(27)9-10-20(17)33/h4-14H,15H2,1-3H3,(H2,28,29,33,34). The minimum atomic E-state index is -0.356. The van der Waals surface area contributed by atoms with Gasteiger partial charge in [0.2, 0.25) is 5.75 Å². The van der Waals surface area contributed by atoms with E-state index in [0.717, 1.165) is 15.7 Å². The Morgan fingerprint density at radius 2 is 1.82 bits per heavy atom. The summed E-state index contributed by atoms with van der Waals surface area (Å²) in [4.78, 5) is 12.5. The van der Waals surface area contributed by atoms with E-state index < -0.39 is 0 Å². The van der Waals surface area contributed by atoms with Crippen LogP contribution in [0.2, 0.25) is 0 Å². The van der Waals surface area contributed by atoms with Gasteiger partial charge in [-0.05, 0) is 53.7 Å². The number of aromatic amines is 1. The van der Waals surface area contributed by atoms with Gasteiger partial charge in [-0.3, -0.25) is 4.79 Å². The van der Waals surface area contributed by atoms with Crippen LogP contribution in [-0.4, -0.2) is 49.4 Å². The van der Waals surface area contributed by atoms with E-state index in [1.54, 1.807) is 33.5 Å². The van der Waals surface area contributed by atoms with E-state index >= 15 is 0 Å². The number of para-hydroxylation sites is 1. The predicted octanol–water partition coefficient (Wildman–Crippen LogP) is 3.46. The molecule has 2 N–H and O–H groups in total. The average Bonchev–Trinajstić information content (AvgIpc) is 3.37. The van der Waals surface area contributed by atoms with Gasteiger partial charge in [0, 0.05) is 4.47 Å². The Balaban J connectivity index is 1.59. The molecule has 0 radical (unpaired) electrons.